The van der Waals surface area contributed by atoms with Crippen molar-refractivity contribution in [2.24, 2.45) is 0 Å². The molecule has 1 atom stereocenters. The second-order valence-electron chi connectivity index (χ2n) is 3.23. The molecule has 1 aliphatic rings. The first kappa shape index (κ1) is 10.9. The van der Waals surface area contributed by atoms with E-state index in [4.69, 9.17) is 4.74 Å². The maximum Gasteiger partial charge on any atom is 0.347 e. The zero-order valence-corrected chi connectivity index (χ0v) is 9.24. The van der Waals surface area contributed by atoms with Crippen LogP contribution in [0.15, 0.2) is 23.6 Å². The Morgan fingerprint density at radius 1 is 1.62 bits per heavy atom. The zero-order valence-electron chi connectivity index (χ0n) is 8.42. The van der Waals surface area contributed by atoms with Gasteiger partial charge in [0.05, 0.1) is 6.61 Å². The molecular weight excluding hydrogens is 228 g/mol. The lowest BCUT2D eigenvalue weighted by atomic mass is 10.3. The third kappa shape index (κ3) is 2.70. The summed E-state index contributed by atoms with van der Waals surface area (Å²) in [6.45, 7) is 0.325. The molecule has 0 amide bonds. The molecule has 1 saturated heterocycles. The normalized spacial score (nSPS) is 20.0. The molecule has 0 aliphatic carbocycles. The average Bonchev–Trinajstić information content (AvgIpc) is 2.88. The van der Waals surface area contributed by atoms with Gasteiger partial charge in [-0.15, -0.1) is 11.3 Å². The molecule has 2 rings (SSSR count). The Bertz CT molecular complexity index is 408. The van der Waals surface area contributed by atoms with Gasteiger partial charge < -0.3 is 9.47 Å². The van der Waals surface area contributed by atoms with Crippen LogP contribution in [0.1, 0.15) is 11.3 Å². The van der Waals surface area contributed by atoms with E-state index in [0.717, 1.165) is 4.88 Å². The van der Waals surface area contributed by atoms with Gasteiger partial charge in [-0.1, -0.05) is 6.07 Å². The Labute approximate surface area is 96.5 Å². The lowest BCUT2D eigenvalue weighted by Crippen LogP contribution is -2.21. The quantitative estimate of drug-likeness (QED) is 0.593. The van der Waals surface area contributed by atoms with E-state index in [1.807, 2.05) is 17.5 Å². The summed E-state index contributed by atoms with van der Waals surface area (Å²) in [5.41, 5.74) is 0. The summed E-state index contributed by atoms with van der Waals surface area (Å²) in [5.74, 6) is -0.977. The molecule has 1 aromatic rings. The van der Waals surface area contributed by atoms with Crippen molar-refractivity contribution in [1.29, 1.82) is 0 Å². The molecule has 1 aliphatic heterocycles. The maximum absolute atomic E-state index is 11.3. The average molecular weight is 238 g/mol. The van der Waals surface area contributed by atoms with E-state index in [1.165, 1.54) is 17.4 Å². The lowest BCUT2D eigenvalue weighted by molar-refractivity contribution is -0.156. The van der Waals surface area contributed by atoms with Crippen LogP contribution >= 0.6 is 11.3 Å². The predicted molar refractivity (Wildman–Crippen MR) is 58.8 cm³/mol. The van der Waals surface area contributed by atoms with E-state index >= 15 is 0 Å². The summed E-state index contributed by atoms with van der Waals surface area (Å²) in [4.78, 5) is 23.3. The second-order valence-corrected chi connectivity index (χ2v) is 4.21. The summed E-state index contributed by atoms with van der Waals surface area (Å²) in [6.07, 6.45) is 2.68. The van der Waals surface area contributed by atoms with Crippen LogP contribution in [0.3, 0.4) is 0 Å². The highest BCUT2D eigenvalue weighted by Crippen LogP contribution is 2.12. The predicted octanol–water partition coefficient (Wildman–Crippen LogP) is 1.62. The molecule has 0 spiro atoms. The Morgan fingerprint density at radius 2 is 2.50 bits per heavy atom. The molecule has 0 N–H and O–H groups in total. The second kappa shape index (κ2) is 4.94. The standard InChI is InChI=1S/C11H10O4S/c12-10(4-3-8-2-1-7-16-8)15-9-5-6-14-11(9)13/h1-4,7,9H,5-6H2/b4-3+/t9-/m0/s1. The van der Waals surface area contributed by atoms with Crippen LogP contribution < -0.4 is 0 Å². The van der Waals surface area contributed by atoms with Gasteiger partial charge in [0.25, 0.3) is 0 Å². The molecule has 5 heteroatoms. The van der Waals surface area contributed by atoms with Gasteiger partial charge >= 0.3 is 11.9 Å². The molecule has 0 unspecified atom stereocenters. The minimum atomic E-state index is -0.736. The van der Waals surface area contributed by atoms with Crippen LogP contribution in [0.25, 0.3) is 6.08 Å². The molecule has 0 bridgehead atoms. The zero-order chi connectivity index (χ0) is 11.4. The Kier molecular flexibility index (Phi) is 3.36. The molecule has 0 radical (unpaired) electrons. The highest BCUT2D eigenvalue weighted by atomic mass is 32.1. The van der Waals surface area contributed by atoms with Crippen LogP contribution in [0.4, 0.5) is 0 Å². The molecule has 1 fully saturated rings. The molecule has 0 saturated carbocycles. The maximum atomic E-state index is 11.3. The fourth-order valence-electron chi connectivity index (χ4n) is 1.30. The van der Waals surface area contributed by atoms with Gasteiger partial charge in [-0.3, -0.25) is 0 Å². The van der Waals surface area contributed by atoms with Gasteiger partial charge in [-0.2, -0.15) is 0 Å². The van der Waals surface area contributed by atoms with Gasteiger partial charge in [-0.05, 0) is 17.5 Å². The van der Waals surface area contributed by atoms with Crippen LogP contribution in [0.2, 0.25) is 0 Å². The van der Waals surface area contributed by atoms with Crippen molar-refractivity contribution >= 4 is 29.4 Å². The van der Waals surface area contributed by atoms with Crippen molar-refractivity contribution in [2.75, 3.05) is 6.61 Å². The molecule has 4 nitrogen and oxygen atoms in total. The minimum absolute atomic E-state index is 0.325. The molecule has 16 heavy (non-hydrogen) atoms. The van der Waals surface area contributed by atoms with Crippen molar-refractivity contribution in [3.05, 3.63) is 28.5 Å². The van der Waals surface area contributed by atoms with Crippen molar-refractivity contribution < 1.29 is 19.1 Å². The van der Waals surface area contributed by atoms with Gasteiger partial charge in [-0.25, -0.2) is 9.59 Å². The van der Waals surface area contributed by atoms with Gasteiger partial charge in [0.1, 0.15) is 0 Å². The largest absolute Gasteiger partial charge is 0.463 e. The van der Waals surface area contributed by atoms with Gasteiger partial charge in [0.15, 0.2) is 0 Å². The van der Waals surface area contributed by atoms with E-state index < -0.39 is 18.0 Å². The molecule has 1 aromatic heterocycles. The number of thiophene rings is 1. The number of carbonyl (C=O) groups is 2. The Morgan fingerprint density at radius 3 is 3.12 bits per heavy atom. The summed E-state index contributed by atoms with van der Waals surface area (Å²) in [5, 5.41) is 1.92. The first-order chi connectivity index (χ1) is 7.75. The number of hydrogen-bond acceptors (Lipinski definition) is 5. The van der Waals surface area contributed by atoms with E-state index in [2.05, 4.69) is 4.74 Å². The third-order valence-electron chi connectivity index (χ3n) is 2.07. The van der Waals surface area contributed by atoms with Crippen molar-refractivity contribution in [1.82, 2.24) is 0 Å². The van der Waals surface area contributed by atoms with Gasteiger partial charge in [0.2, 0.25) is 6.10 Å². The third-order valence-corrected chi connectivity index (χ3v) is 2.91. The first-order valence-electron chi connectivity index (χ1n) is 4.84. The molecule has 2 heterocycles. The summed E-state index contributed by atoms with van der Waals surface area (Å²) in [7, 11) is 0. The SMILES string of the molecule is O=C(/C=C/c1cccs1)O[C@H]1CCOC1=O. The Hall–Kier alpha value is -1.62. The topological polar surface area (TPSA) is 52.6 Å². The van der Waals surface area contributed by atoms with Crippen LogP contribution in [-0.4, -0.2) is 24.6 Å². The molecule has 0 aromatic carbocycles. The molecule has 84 valence electrons. The van der Waals surface area contributed by atoms with Gasteiger partial charge in [0, 0.05) is 17.4 Å². The number of carbonyl (C=O) groups excluding carboxylic acids is 2. The van der Waals surface area contributed by atoms with E-state index in [9.17, 15) is 9.59 Å². The van der Waals surface area contributed by atoms with E-state index in [0.29, 0.717) is 13.0 Å². The highest BCUT2D eigenvalue weighted by Gasteiger charge is 2.29. The summed E-state index contributed by atoms with van der Waals surface area (Å²) in [6, 6.07) is 3.78. The van der Waals surface area contributed by atoms with Crippen LogP contribution in [-0.2, 0) is 19.1 Å². The number of esters is 2. The minimum Gasteiger partial charge on any atom is -0.463 e. The molecular formula is C11H10O4S. The first-order valence-corrected chi connectivity index (χ1v) is 5.72. The van der Waals surface area contributed by atoms with E-state index in [1.54, 1.807) is 6.08 Å². The lowest BCUT2D eigenvalue weighted by Gasteiger charge is -2.04. The highest BCUT2D eigenvalue weighted by molar-refractivity contribution is 7.10. The van der Waals surface area contributed by atoms with Crippen molar-refractivity contribution in [3.8, 4) is 0 Å². The van der Waals surface area contributed by atoms with Crippen molar-refractivity contribution in [2.45, 2.75) is 12.5 Å². The number of ether oxygens (including phenoxy) is 2. The number of hydrogen-bond donors (Lipinski definition) is 0. The summed E-state index contributed by atoms with van der Waals surface area (Å²) < 4.78 is 9.60. The van der Waals surface area contributed by atoms with Crippen molar-refractivity contribution in [3.63, 3.8) is 0 Å². The van der Waals surface area contributed by atoms with E-state index in [-0.39, 0.29) is 0 Å². The van der Waals surface area contributed by atoms with Crippen LogP contribution in [0.5, 0.6) is 0 Å². The number of cyclic esters (lactones) is 1. The fraction of sp³-hybridized carbons (Fsp3) is 0.273. The number of rotatable bonds is 3. The monoisotopic (exact) mass is 238 g/mol. The van der Waals surface area contributed by atoms with Crippen LogP contribution in [0, 0.1) is 0 Å². The fourth-order valence-corrected chi connectivity index (χ4v) is 1.92. The smallest absolute Gasteiger partial charge is 0.347 e. The summed E-state index contributed by atoms with van der Waals surface area (Å²) >= 11 is 1.52. The Balaban J connectivity index is 1.87.